The van der Waals surface area contributed by atoms with E-state index in [-0.39, 0.29) is 6.09 Å². The van der Waals surface area contributed by atoms with E-state index in [1.807, 2.05) is 20.8 Å². The first-order chi connectivity index (χ1) is 8.40. The number of nitrogens with one attached hydrogen (secondary N) is 1. The first-order valence-electron chi connectivity index (χ1n) is 6.93. The summed E-state index contributed by atoms with van der Waals surface area (Å²) >= 11 is 3.54. The Bertz CT molecular complexity index is 257. The van der Waals surface area contributed by atoms with E-state index in [9.17, 15) is 4.79 Å². The molecule has 0 spiro atoms. The van der Waals surface area contributed by atoms with Gasteiger partial charge in [-0.3, -0.25) is 0 Å². The summed E-state index contributed by atoms with van der Waals surface area (Å²) in [6.07, 6.45) is 6.37. The Morgan fingerprint density at radius 2 is 2.00 bits per heavy atom. The van der Waals surface area contributed by atoms with Crippen LogP contribution in [-0.4, -0.2) is 23.6 Å². The molecular formula is C14H26BrNO2. The molecule has 0 bridgehead atoms. The summed E-state index contributed by atoms with van der Waals surface area (Å²) in [7, 11) is 0. The van der Waals surface area contributed by atoms with Gasteiger partial charge < -0.3 is 10.1 Å². The van der Waals surface area contributed by atoms with E-state index in [4.69, 9.17) is 4.74 Å². The van der Waals surface area contributed by atoms with Crippen LogP contribution in [0.5, 0.6) is 0 Å². The topological polar surface area (TPSA) is 38.3 Å². The number of alkyl halides is 1. The smallest absolute Gasteiger partial charge is 0.407 e. The van der Waals surface area contributed by atoms with Crippen LogP contribution in [0.4, 0.5) is 4.79 Å². The van der Waals surface area contributed by atoms with Crippen LogP contribution < -0.4 is 5.32 Å². The first-order valence-corrected chi connectivity index (χ1v) is 8.05. The minimum atomic E-state index is -0.417. The number of alkyl carbamates (subject to hydrolysis) is 1. The molecule has 1 atom stereocenters. The maximum absolute atomic E-state index is 11.6. The van der Waals surface area contributed by atoms with Crippen LogP contribution in [0, 0.1) is 11.8 Å². The standard InChI is InChI=1S/C14H26BrNO2/c1-14(2,3)18-13(17)16-10-12(9-15)8-11-6-4-5-7-11/h11-12H,4-10H2,1-3H3,(H,16,17). The molecular weight excluding hydrogens is 294 g/mol. The summed E-state index contributed by atoms with van der Waals surface area (Å²) in [5.74, 6) is 1.37. The summed E-state index contributed by atoms with van der Waals surface area (Å²) in [5, 5.41) is 3.82. The fourth-order valence-electron chi connectivity index (χ4n) is 2.46. The van der Waals surface area contributed by atoms with Gasteiger partial charge >= 0.3 is 6.09 Å². The van der Waals surface area contributed by atoms with Crippen LogP contribution in [0.3, 0.4) is 0 Å². The molecule has 1 saturated carbocycles. The van der Waals surface area contributed by atoms with Crippen molar-refractivity contribution in [2.24, 2.45) is 11.8 Å². The number of ether oxygens (including phenoxy) is 1. The highest BCUT2D eigenvalue weighted by Crippen LogP contribution is 2.30. The third kappa shape index (κ3) is 6.62. The van der Waals surface area contributed by atoms with Crippen molar-refractivity contribution in [2.45, 2.75) is 58.5 Å². The van der Waals surface area contributed by atoms with Crippen molar-refractivity contribution in [3.05, 3.63) is 0 Å². The van der Waals surface area contributed by atoms with Crippen LogP contribution in [-0.2, 0) is 4.74 Å². The molecule has 4 heteroatoms. The lowest BCUT2D eigenvalue weighted by molar-refractivity contribution is 0.0519. The van der Waals surface area contributed by atoms with E-state index in [0.717, 1.165) is 11.2 Å². The molecule has 0 radical (unpaired) electrons. The van der Waals surface area contributed by atoms with Crippen LogP contribution >= 0.6 is 15.9 Å². The van der Waals surface area contributed by atoms with Gasteiger partial charge in [-0.15, -0.1) is 0 Å². The van der Waals surface area contributed by atoms with E-state index >= 15 is 0 Å². The fourth-order valence-corrected chi connectivity index (χ4v) is 2.95. The molecule has 1 N–H and O–H groups in total. The first kappa shape index (κ1) is 15.8. The number of carbonyl (C=O) groups excluding carboxylic acids is 1. The van der Waals surface area contributed by atoms with Crippen LogP contribution in [0.2, 0.25) is 0 Å². The lowest BCUT2D eigenvalue weighted by Crippen LogP contribution is -2.36. The van der Waals surface area contributed by atoms with E-state index in [0.29, 0.717) is 12.5 Å². The molecule has 0 aliphatic heterocycles. The van der Waals surface area contributed by atoms with Gasteiger partial charge in [0.25, 0.3) is 0 Å². The molecule has 1 aliphatic rings. The van der Waals surface area contributed by atoms with Gasteiger partial charge in [-0.1, -0.05) is 41.6 Å². The number of hydrogen-bond donors (Lipinski definition) is 1. The SMILES string of the molecule is CC(C)(C)OC(=O)NCC(CBr)CC1CCCC1. The molecule has 1 fully saturated rings. The van der Waals surface area contributed by atoms with E-state index < -0.39 is 5.60 Å². The van der Waals surface area contributed by atoms with Crippen LogP contribution in [0.15, 0.2) is 0 Å². The predicted octanol–water partition coefficient (Wildman–Crippen LogP) is 4.10. The van der Waals surface area contributed by atoms with Crippen molar-refractivity contribution in [1.29, 1.82) is 0 Å². The molecule has 0 heterocycles. The molecule has 0 aromatic rings. The normalized spacial score (nSPS) is 18.7. The molecule has 3 nitrogen and oxygen atoms in total. The Kier molecular flexibility index (Phi) is 6.47. The van der Waals surface area contributed by atoms with Gasteiger partial charge in [0.2, 0.25) is 0 Å². The van der Waals surface area contributed by atoms with Gasteiger partial charge in [-0.05, 0) is 39.0 Å². The molecule has 0 aromatic carbocycles. The second-order valence-electron chi connectivity index (χ2n) is 6.29. The second-order valence-corrected chi connectivity index (χ2v) is 6.94. The van der Waals surface area contributed by atoms with Crippen molar-refractivity contribution < 1.29 is 9.53 Å². The van der Waals surface area contributed by atoms with Crippen LogP contribution in [0.1, 0.15) is 52.9 Å². The summed E-state index contributed by atoms with van der Waals surface area (Å²) in [4.78, 5) is 11.6. The molecule has 0 saturated heterocycles. The average molecular weight is 320 g/mol. The van der Waals surface area contributed by atoms with Crippen LogP contribution in [0.25, 0.3) is 0 Å². The Balaban J connectivity index is 2.23. The largest absolute Gasteiger partial charge is 0.444 e. The lowest BCUT2D eigenvalue weighted by atomic mass is 9.94. The molecule has 18 heavy (non-hydrogen) atoms. The third-order valence-electron chi connectivity index (χ3n) is 3.29. The molecule has 1 amide bonds. The van der Waals surface area contributed by atoms with E-state index in [1.165, 1.54) is 32.1 Å². The fraction of sp³-hybridized carbons (Fsp3) is 0.929. The lowest BCUT2D eigenvalue weighted by Gasteiger charge is -2.22. The molecule has 0 aromatic heterocycles. The Labute approximate surface area is 119 Å². The Morgan fingerprint density at radius 3 is 2.50 bits per heavy atom. The van der Waals surface area contributed by atoms with Crippen molar-refractivity contribution in [3.63, 3.8) is 0 Å². The van der Waals surface area contributed by atoms with Crippen molar-refractivity contribution >= 4 is 22.0 Å². The van der Waals surface area contributed by atoms with Gasteiger partial charge in [0.05, 0.1) is 0 Å². The molecule has 106 valence electrons. The zero-order chi connectivity index (χ0) is 13.6. The maximum Gasteiger partial charge on any atom is 0.407 e. The Morgan fingerprint density at radius 1 is 1.39 bits per heavy atom. The summed E-state index contributed by atoms with van der Waals surface area (Å²) in [6, 6.07) is 0. The maximum atomic E-state index is 11.6. The molecule has 1 rings (SSSR count). The predicted molar refractivity (Wildman–Crippen MR) is 78.1 cm³/mol. The minimum absolute atomic E-state index is 0.306. The molecule has 1 aliphatic carbocycles. The molecule has 1 unspecified atom stereocenters. The van der Waals surface area contributed by atoms with Crippen molar-refractivity contribution in [1.82, 2.24) is 5.32 Å². The van der Waals surface area contributed by atoms with Gasteiger partial charge in [-0.25, -0.2) is 4.79 Å². The third-order valence-corrected chi connectivity index (χ3v) is 4.21. The van der Waals surface area contributed by atoms with E-state index in [1.54, 1.807) is 0 Å². The highest BCUT2D eigenvalue weighted by Gasteiger charge is 2.21. The zero-order valence-electron chi connectivity index (χ0n) is 11.8. The summed E-state index contributed by atoms with van der Waals surface area (Å²) < 4.78 is 5.24. The number of carbonyl (C=O) groups is 1. The highest BCUT2D eigenvalue weighted by atomic mass is 79.9. The Hall–Kier alpha value is -0.250. The zero-order valence-corrected chi connectivity index (χ0v) is 13.4. The summed E-state index contributed by atoms with van der Waals surface area (Å²) in [5.41, 5.74) is -0.417. The quantitative estimate of drug-likeness (QED) is 0.775. The monoisotopic (exact) mass is 319 g/mol. The van der Waals surface area contributed by atoms with Gasteiger partial charge in [0.1, 0.15) is 5.60 Å². The average Bonchev–Trinajstić information content (AvgIpc) is 2.74. The highest BCUT2D eigenvalue weighted by molar-refractivity contribution is 9.09. The number of hydrogen-bond acceptors (Lipinski definition) is 2. The number of rotatable bonds is 5. The van der Waals surface area contributed by atoms with E-state index in [2.05, 4.69) is 21.2 Å². The van der Waals surface area contributed by atoms with Gasteiger partial charge in [0.15, 0.2) is 0 Å². The number of amides is 1. The second kappa shape index (κ2) is 7.37. The van der Waals surface area contributed by atoms with Gasteiger partial charge in [0, 0.05) is 11.9 Å². The minimum Gasteiger partial charge on any atom is -0.444 e. The van der Waals surface area contributed by atoms with Crippen molar-refractivity contribution in [3.8, 4) is 0 Å². The van der Waals surface area contributed by atoms with Crippen molar-refractivity contribution in [2.75, 3.05) is 11.9 Å². The van der Waals surface area contributed by atoms with Gasteiger partial charge in [-0.2, -0.15) is 0 Å². The number of halogens is 1. The summed E-state index contributed by atoms with van der Waals surface area (Å²) in [6.45, 7) is 6.35.